The van der Waals surface area contributed by atoms with Crippen LogP contribution in [0.1, 0.15) is 32.3 Å². The minimum absolute atomic E-state index is 0.115. The molecule has 0 atom stereocenters. The molecule has 1 fully saturated rings. The second kappa shape index (κ2) is 7.60. The summed E-state index contributed by atoms with van der Waals surface area (Å²) < 4.78 is 19.8. The number of piperidine rings is 1. The van der Waals surface area contributed by atoms with Crippen molar-refractivity contribution in [3.63, 3.8) is 0 Å². The van der Waals surface area contributed by atoms with Crippen molar-refractivity contribution in [2.75, 3.05) is 31.1 Å². The highest BCUT2D eigenvalue weighted by Crippen LogP contribution is 2.25. The van der Waals surface area contributed by atoms with E-state index < -0.39 is 0 Å². The molecule has 0 aliphatic carbocycles. The Balaban J connectivity index is 1.96. The van der Waals surface area contributed by atoms with Crippen molar-refractivity contribution >= 4 is 5.69 Å². The topological polar surface area (TPSA) is 24.5 Å². The number of hydrogen-bond donors (Lipinski definition) is 1. The molecule has 0 spiro atoms. The maximum Gasteiger partial charge on any atom is 0.146 e. The smallest absolute Gasteiger partial charge is 0.146 e. The molecular weight excluding hydrogens is 255 g/mol. The number of halogens is 1. The quantitative estimate of drug-likeness (QED) is 0.867. The number of anilines is 1. The van der Waals surface area contributed by atoms with Gasteiger partial charge in [0.15, 0.2) is 0 Å². The van der Waals surface area contributed by atoms with Crippen LogP contribution in [0.2, 0.25) is 0 Å². The molecule has 1 N–H and O–H groups in total. The highest BCUT2D eigenvalue weighted by Gasteiger charge is 2.21. The molecule has 0 aromatic heterocycles. The van der Waals surface area contributed by atoms with Gasteiger partial charge >= 0.3 is 0 Å². The van der Waals surface area contributed by atoms with E-state index in [0.717, 1.165) is 56.9 Å². The van der Waals surface area contributed by atoms with Crippen molar-refractivity contribution in [3.8, 4) is 0 Å². The largest absolute Gasteiger partial charge is 0.378 e. The minimum atomic E-state index is -0.115. The van der Waals surface area contributed by atoms with Crippen molar-refractivity contribution in [3.05, 3.63) is 29.6 Å². The van der Waals surface area contributed by atoms with Crippen LogP contribution < -0.4 is 10.2 Å². The van der Waals surface area contributed by atoms with Crippen LogP contribution in [0.4, 0.5) is 10.1 Å². The average molecular weight is 280 g/mol. The van der Waals surface area contributed by atoms with Gasteiger partial charge in [0.2, 0.25) is 0 Å². The zero-order chi connectivity index (χ0) is 14.4. The summed E-state index contributed by atoms with van der Waals surface area (Å²) in [5.41, 5.74) is 1.72. The van der Waals surface area contributed by atoms with E-state index >= 15 is 0 Å². The van der Waals surface area contributed by atoms with Gasteiger partial charge in [-0.15, -0.1) is 0 Å². The van der Waals surface area contributed by atoms with Gasteiger partial charge in [-0.3, -0.25) is 0 Å². The molecule has 0 amide bonds. The first-order valence-corrected chi connectivity index (χ1v) is 7.60. The highest BCUT2D eigenvalue weighted by atomic mass is 19.1. The second-order valence-corrected chi connectivity index (χ2v) is 5.21. The normalized spacial score (nSPS) is 16.6. The standard InChI is InChI=1S/C16H25FN2O/c1-3-18-12-13-5-6-16(15(17)11-13)19-9-7-14(8-10-19)20-4-2/h5-6,11,14,18H,3-4,7-10,12H2,1-2H3. The molecule has 1 aromatic rings. The van der Waals surface area contributed by atoms with Crippen LogP contribution in [0.3, 0.4) is 0 Å². The Morgan fingerprint density at radius 2 is 2.05 bits per heavy atom. The van der Waals surface area contributed by atoms with Gasteiger partial charge in [-0.1, -0.05) is 13.0 Å². The molecule has 2 rings (SSSR count). The highest BCUT2D eigenvalue weighted by molar-refractivity contribution is 5.49. The molecule has 0 saturated carbocycles. The Hall–Kier alpha value is -1.13. The summed E-state index contributed by atoms with van der Waals surface area (Å²) in [6.45, 7) is 8.19. The fourth-order valence-electron chi connectivity index (χ4n) is 2.69. The zero-order valence-corrected chi connectivity index (χ0v) is 12.5. The molecule has 0 radical (unpaired) electrons. The SMILES string of the molecule is CCNCc1ccc(N2CCC(OCC)CC2)c(F)c1. The minimum Gasteiger partial charge on any atom is -0.378 e. The van der Waals surface area contributed by atoms with Crippen molar-refractivity contribution in [1.82, 2.24) is 5.32 Å². The lowest BCUT2D eigenvalue weighted by molar-refractivity contribution is 0.0458. The third-order valence-corrected chi connectivity index (χ3v) is 3.78. The first kappa shape index (κ1) is 15.3. The van der Waals surface area contributed by atoms with Gasteiger partial charge in [0, 0.05) is 26.2 Å². The number of nitrogens with zero attached hydrogens (tertiary/aromatic N) is 1. The molecule has 0 bridgehead atoms. The average Bonchev–Trinajstić information content (AvgIpc) is 2.47. The Morgan fingerprint density at radius 1 is 1.30 bits per heavy atom. The van der Waals surface area contributed by atoms with E-state index in [1.54, 1.807) is 6.07 Å². The van der Waals surface area contributed by atoms with Crippen molar-refractivity contribution in [1.29, 1.82) is 0 Å². The van der Waals surface area contributed by atoms with Crippen molar-refractivity contribution in [2.24, 2.45) is 0 Å². The van der Waals surface area contributed by atoms with Crippen LogP contribution in [0.5, 0.6) is 0 Å². The Morgan fingerprint density at radius 3 is 2.65 bits per heavy atom. The Bertz CT molecular complexity index is 417. The van der Waals surface area contributed by atoms with Gasteiger partial charge in [-0.2, -0.15) is 0 Å². The predicted molar refractivity (Wildman–Crippen MR) is 80.6 cm³/mol. The van der Waals surface area contributed by atoms with Crippen LogP contribution in [0, 0.1) is 5.82 Å². The number of hydrogen-bond acceptors (Lipinski definition) is 3. The molecule has 1 aliphatic heterocycles. The molecular formula is C16H25FN2O. The van der Waals surface area contributed by atoms with E-state index in [0.29, 0.717) is 6.10 Å². The van der Waals surface area contributed by atoms with Gasteiger partial charge in [-0.05, 0) is 44.0 Å². The fourth-order valence-corrected chi connectivity index (χ4v) is 2.69. The number of nitrogens with one attached hydrogen (secondary N) is 1. The molecule has 1 saturated heterocycles. The Labute approximate surface area is 121 Å². The zero-order valence-electron chi connectivity index (χ0n) is 12.5. The van der Waals surface area contributed by atoms with Crippen LogP contribution >= 0.6 is 0 Å². The fraction of sp³-hybridized carbons (Fsp3) is 0.625. The summed E-state index contributed by atoms with van der Waals surface area (Å²) in [6.07, 6.45) is 2.30. The van der Waals surface area contributed by atoms with Crippen LogP contribution in [0.25, 0.3) is 0 Å². The summed E-state index contributed by atoms with van der Waals surface area (Å²) in [4.78, 5) is 2.13. The molecule has 1 aromatic carbocycles. The van der Waals surface area contributed by atoms with E-state index in [9.17, 15) is 4.39 Å². The molecule has 3 nitrogen and oxygen atoms in total. The molecule has 1 aliphatic rings. The molecule has 4 heteroatoms. The van der Waals surface area contributed by atoms with E-state index in [1.807, 2.05) is 26.0 Å². The third-order valence-electron chi connectivity index (χ3n) is 3.78. The summed E-state index contributed by atoms with van der Waals surface area (Å²) in [5.74, 6) is -0.115. The maximum atomic E-state index is 14.2. The number of ether oxygens (including phenoxy) is 1. The van der Waals surface area contributed by atoms with Gasteiger partial charge in [0.1, 0.15) is 5.82 Å². The van der Waals surface area contributed by atoms with Crippen LogP contribution in [-0.4, -0.2) is 32.3 Å². The monoisotopic (exact) mass is 280 g/mol. The number of benzene rings is 1. The van der Waals surface area contributed by atoms with Gasteiger partial charge < -0.3 is 15.0 Å². The summed E-state index contributed by atoms with van der Waals surface area (Å²) >= 11 is 0. The summed E-state index contributed by atoms with van der Waals surface area (Å²) in [7, 11) is 0. The molecule has 1 heterocycles. The lowest BCUT2D eigenvalue weighted by Gasteiger charge is -2.33. The first-order chi connectivity index (χ1) is 9.74. The van der Waals surface area contributed by atoms with E-state index in [-0.39, 0.29) is 5.82 Å². The van der Waals surface area contributed by atoms with E-state index in [1.165, 1.54) is 0 Å². The lowest BCUT2D eigenvalue weighted by Crippen LogP contribution is -2.37. The Kier molecular flexibility index (Phi) is 5.80. The molecule has 0 unspecified atom stereocenters. The maximum absolute atomic E-state index is 14.2. The summed E-state index contributed by atoms with van der Waals surface area (Å²) in [6, 6.07) is 5.56. The lowest BCUT2D eigenvalue weighted by atomic mass is 10.1. The van der Waals surface area contributed by atoms with Crippen molar-refractivity contribution in [2.45, 2.75) is 39.3 Å². The van der Waals surface area contributed by atoms with Crippen LogP contribution in [0.15, 0.2) is 18.2 Å². The predicted octanol–water partition coefficient (Wildman–Crippen LogP) is 2.94. The van der Waals surface area contributed by atoms with E-state index in [4.69, 9.17) is 4.74 Å². The third kappa shape index (κ3) is 3.93. The number of rotatable bonds is 6. The van der Waals surface area contributed by atoms with Gasteiger partial charge in [0.05, 0.1) is 11.8 Å². The molecule has 20 heavy (non-hydrogen) atoms. The summed E-state index contributed by atoms with van der Waals surface area (Å²) in [5, 5.41) is 3.21. The first-order valence-electron chi connectivity index (χ1n) is 7.60. The van der Waals surface area contributed by atoms with Gasteiger partial charge in [-0.25, -0.2) is 4.39 Å². The van der Waals surface area contributed by atoms with Crippen molar-refractivity contribution < 1.29 is 9.13 Å². The van der Waals surface area contributed by atoms with E-state index in [2.05, 4.69) is 10.2 Å². The van der Waals surface area contributed by atoms with Gasteiger partial charge in [0.25, 0.3) is 0 Å². The van der Waals surface area contributed by atoms with Crippen LogP contribution in [-0.2, 0) is 11.3 Å². The molecule has 112 valence electrons. The second-order valence-electron chi connectivity index (χ2n) is 5.21.